The minimum Gasteiger partial charge on any atom is -0.508 e. The van der Waals surface area contributed by atoms with Crippen LogP contribution in [0.5, 0.6) is 5.75 Å². The molecule has 0 aliphatic carbocycles. The zero-order chi connectivity index (χ0) is 23.6. The Labute approximate surface area is 194 Å². The van der Waals surface area contributed by atoms with Crippen LogP contribution in [0.2, 0.25) is 12.1 Å². The van der Waals surface area contributed by atoms with Crippen molar-refractivity contribution in [2.24, 2.45) is 5.92 Å². The SMILES string of the molecule is O=C(O)c1ccccc1[Si]1CC(Cc2ccccc2)CC(c2cc(S(=O)(=O)O)ccc2O)C1. The molecule has 2 unspecified atom stereocenters. The minimum atomic E-state index is -4.41. The molecule has 1 aliphatic rings. The molecule has 1 fully saturated rings. The summed E-state index contributed by atoms with van der Waals surface area (Å²) in [7, 11) is -5.74. The van der Waals surface area contributed by atoms with Gasteiger partial charge in [0.25, 0.3) is 10.1 Å². The fourth-order valence-corrected chi connectivity index (χ4v) is 8.87. The van der Waals surface area contributed by atoms with Crippen molar-refractivity contribution in [2.75, 3.05) is 0 Å². The molecule has 3 aromatic rings. The lowest BCUT2D eigenvalue weighted by Gasteiger charge is -2.35. The number of phenolic OH excluding ortho intramolecular Hbond substituents is 1. The number of carbonyl (C=O) groups is 1. The Morgan fingerprint density at radius 1 is 0.970 bits per heavy atom. The summed E-state index contributed by atoms with van der Waals surface area (Å²) in [4.78, 5) is 11.6. The number of benzene rings is 3. The van der Waals surface area contributed by atoms with Crippen molar-refractivity contribution >= 4 is 30.1 Å². The fourth-order valence-electron chi connectivity index (χ4n) is 4.86. The highest BCUT2D eigenvalue weighted by molar-refractivity contribution is 7.85. The van der Waals surface area contributed by atoms with E-state index in [0.29, 0.717) is 17.2 Å². The van der Waals surface area contributed by atoms with E-state index in [1.807, 2.05) is 30.3 Å². The van der Waals surface area contributed by atoms with E-state index in [1.54, 1.807) is 12.1 Å². The first-order valence-electron chi connectivity index (χ1n) is 10.7. The van der Waals surface area contributed by atoms with Gasteiger partial charge in [0.1, 0.15) is 5.75 Å². The van der Waals surface area contributed by atoms with E-state index in [0.717, 1.165) is 24.1 Å². The van der Waals surface area contributed by atoms with Crippen LogP contribution in [0, 0.1) is 5.92 Å². The minimum absolute atomic E-state index is 0.0133. The number of aromatic hydroxyl groups is 1. The summed E-state index contributed by atoms with van der Waals surface area (Å²) < 4.78 is 32.9. The Morgan fingerprint density at radius 3 is 2.36 bits per heavy atom. The van der Waals surface area contributed by atoms with Crippen molar-refractivity contribution in [2.45, 2.75) is 35.7 Å². The number of carboxylic acids is 1. The highest BCUT2D eigenvalue weighted by Gasteiger charge is 2.35. The first-order valence-corrected chi connectivity index (χ1v) is 14.1. The monoisotopic (exact) mass is 481 g/mol. The Hall–Kier alpha value is -2.94. The molecule has 4 rings (SSSR count). The lowest BCUT2D eigenvalue weighted by atomic mass is 9.86. The number of aromatic carboxylic acids is 1. The quantitative estimate of drug-likeness (QED) is 0.361. The van der Waals surface area contributed by atoms with E-state index in [-0.39, 0.29) is 22.5 Å². The van der Waals surface area contributed by atoms with Gasteiger partial charge in [0.15, 0.2) is 0 Å². The molecule has 0 aromatic heterocycles. The molecule has 0 bridgehead atoms. The molecule has 1 heterocycles. The van der Waals surface area contributed by atoms with Gasteiger partial charge in [-0.2, -0.15) is 8.42 Å². The summed E-state index contributed by atoms with van der Waals surface area (Å²) in [5.74, 6) is -0.873. The zero-order valence-corrected chi connectivity index (χ0v) is 19.7. The van der Waals surface area contributed by atoms with Crippen LogP contribution in [-0.4, -0.2) is 37.9 Å². The van der Waals surface area contributed by atoms with E-state index >= 15 is 0 Å². The van der Waals surface area contributed by atoms with Crippen LogP contribution in [0.25, 0.3) is 0 Å². The first-order chi connectivity index (χ1) is 15.7. The van der Waals surface area contributed by atoms with Crippen molar-refractivity contribution in [1.82, 2.24) is 0 Å². The maximum Gasteiger partial charge on any atom is 0.335 e. The predicted molar refractivity (Wildman–Crippen MR) is 127 cm³/mol. The molecule has 8 heteroatoms. The van der Waals surface area contributed by atoms with Gasteiger partial charge in [0.2, 0.25) is 0 Å². The van der Waals surface area contributed by atoms with Gasteiger partial charge < -0.3 is 10.2 Å². The molecule has 2 atom stereocenters. The summed E-state index contributed by atoms with van der Waals surface area (Å²) in [5, 5.41) is 21.2. The molecular formula is C25H25O6SSi. The first kappa shape index (κ1) is 23.2. The third-order valence-electron chi connectivity index (χ3n) is 6.29. The van der Waals surface area contributed by atoms with Crippen LogP contribution in [-0.2, 0) is 16.5 Å². The molecule has 1 saturated heterocycles. The third kappa shape index (κ3) is 5.35. The molecule has 33 heavy (non-hydrogen) atoms. The molecule has 3 N–H and O–H groups in total. The molecule has 171 valence electrons. The molecule has 6 nitrogen and oxygen atoms in total. The highest BCUT2D eigenvalue weighted by atomic mass is 32.2. The second-order valence-electron chi connectivity index (χ2n) is 8.55. The summed E-state index contributed by atoms with van der Waals surface area (Å²) in [6, 6.07) is 22.6. The summed E-state index contributed by atoms with van der Waals surface area (Å²) in [5.41, 5.74) is 1.98. The van der Waals surface area contributed by atoms with Gasteiger partial charge in [-0.05, 0) is 71.3 Å². The number of carboxylic acid groups (broad SMARTS) is 1. The maximum absolute atomic E-state index is 11.9. The molecule has 1 aliphatic heterocycles. The van der Waals surface area contributed by atoms with Crippen LogP contribution in [0.3, 0.4) is 0 Å². The average Bonchev–Trinajstić information content (AvgIpc) is 2.79. The number of phenols is 1. The average molecular weight is 482 g/mol. The second-order valence-corrected chi connectivity index (χ2v) is 12.5. The summed E-state index contributed by atoms with van der Waals surface area (Å²) >= 11 is 0. The van der Waals surface area contributed by atoms with E-state index in [2.05, 4.69) is 12.1 Å². The molecule has 0 amide bonds. The largest absolute Gasteiger partial charge is 0.508 e. The zero-order valence-electron chi connectivity index (χ0n) is 17.9. The van der Waals surface area contributed by atoms with E-state index in [4.69, 9.17) is 0 Å². The van der Waals surface area contributed by atoms with Gasteiger partial charge >= 0.3 is 5.97 Å². The van der Waals surface area contributed by atoms with Gasteiger partial charge in [-0.15, -0.1) is 0 Å². The van der Waals surface area contributed by atoms with Crippen molar-refractivity contribution in [3.63, 3.8) is 0 Å². The van der Waals surface area contributed by atoms with E-state index in [1.165, 1.54) is 23.8 Å². The molecule has 0 saturated carbocycles. The smallest absolute Gasteiger partial charge is 0.335 e. The van der Waals surface area contributed by atoms with Gasteiger partial charge in [-0.25, -0.2) is 4.79 Å². The van der Waals surface area contributed by atoms with E-state index in [9.17, 15) is 28.0 Å². The van der Waals surface area contributed by atoms with Crippen molar-refractivity contribution < 1.29 is 28.0 Å². The summed E-state index contributed by atoms with van der Waals surface area (Å²) in [6.45, 7) is 0. The molecule has 1 radical (unpaired) electrons. The number of rotatable bonds is 6. The molecule has 3 aromatic carbocycles. The van der Waals surface area contributed by atoms with E-state index < -0.39 is 24.9 Å². The van der Waals surface area contributed by atoms with Crippen molar-refractivity contribution in [3.8, 4) is 5.75 Å². The Bertz CT molecular complexity index is 1260. The Kier molecular flexibility index (Phi) is 6.69. The standard InChI is InChI=1S/C25H25O6SSi/c26-23-11-10-20(32(29,30)31)14-22(23)19-13-18(12-17-6-2-1-3-7-17)15-33(16-19)24-9-5-4-8-21(24)25(27)28/h1-11,14,18-19,26H,12-13,15-16H2,(H,27,28)(H,29,30,31). The molecule has 0 spiro atoms. The number of hydrogen-bond donors (Lipinski definition) is 3. The van der Waals surface area contributed by atoms with Crippen molar-refractivity contribution in [1.29, 1.82) is 0 Å². The Balaban J connectivity index is 1.74. The van der Waals surface area contributed by atoms with Crippen LogP contribution in [0.4, 0.5) is 0 Å². The van der Waals surface area contributed by atoms with Gasteiger partial charge in [-0.1, -0.05) is 54.6 Å². The van der Waals surface area contributed by atoms with Gasteiger partial charge in [0.05, 0.1) is 19.3 Å². The van der Waals surface area contributed by atoms with Crippen molar-refractivity contribution in [3.05, 3.63) is 89.5 Å². The lowest BCUT2D eigenvalue weighted by Crippen LogP contribution is -2.41. The third-order valence-corrected chi connectivity index (χ3v) is 10.4. The Morgan fingerprint density at radius 2 is 1.67 bits per heavy atom. The summed E-state index contributed by atoms with van der Waals surface area (Å²) in [6.07, 6.45) is 1.56. The van der Waals surface area contributed by atoms with Gasteiger partial charge in [0, 0.05) is 0 Å². The topological polar surface area (TPSA) is 112 Å². The van der Waals surface area contributed by atoms with Crippen LogP contribution < -0.4 is 5.19 Å². The molecular weight excluding hydrogens is 456 g/mol. The van der Waals surface area contributed by atoms with Crippen LogP contribution in [0.1, 0.15) is 33.8 Å². The lowest BCUT2D eigenvalue weighted by molar-refractivity contribution is 0.0698. The van der Waals surface area contributed by atoms with Crippen LogP contribution >= 0.6 is 0 Å². The highest BCUT2D eigenvalue weighted by Crippen LogP contribution is 2.42. The number of hydrogen-bond acceptors (Lipinski definition) is 4. The van der Waals surface area contributed by atoms with Gasteiger partial charge in [-0.3, -0.25) is 4.55 Å². The normalized spacial score (nSPS) is 19.3. The maximum atomic E-state index is 11.9. The van der Waals surface area contributed by atoms with Crippen LogP contribution in [0.15, 0.2) is 77.7 Å². The second kappa shape index (κ2) is 9.50. The predicted octanol–water partition coefficient (Wildman–Crippen LogP) is 4.09. The fraction of sp³-hybridized carbons (Fsp3) is 0.240.